The zero-order valence-corrected chi connectivity index (χ0v) is 23.8. The Morgan fingerprint density at radius 3 is 2.44 bits per heavy atom. The Labute approximate surface area is 230 Å². The zero-order valence-electron chi connectivity index (χ0n) is 23.8. The van der Waals surface area contributed by atoms with Crippen molar-refractivity contribution in [2.45, 2.75) is 109 Å². The van der Waals surface area contributed by atoms with Crippen molar-refractivity contribution in [1.82, 2.24) is 4.98 Å². The summed E-state index contributed by atoms with van der Waals surface area (Å²) in [5.41, 5.74) is -0.447. The van der Waals surface area contributed by atoms with Crippen LogP contribution in [0.25, 0.3) is 0 Å². The van der Waals surface area contributed by atoms with Crippen LogP contribution in [0.15, 0.2) is 12.3 Å². The number of aliphatic hydroxyl groups is 3. The Bertz CT molecular complexity index is 1040. The number of fused-ring (bicyclic) bond motifs is 5. The van der Waals surface area contributed by atoms with E-state index in [-0.39, 0.29) is 40.4 Å². The number of aromatic nitrogens is 1. The lowest BCUT2D eigenvalue weighted by molar-refractivity contribution is -0.258. The molecule has 0 amide bonds. The quantitative estimate of drug-likeness (QED) is 0.345. The number of aliphatic hydroxyl groups excluding tert-OH is 3. The van der Waals surface area contributed by atoms with Crippen LogP contribution in [0.3, 0.4) is 0 Å². The van der Waals surface area contributed by atoms with Crippen molar-refractivity contribution in [3.05, 3.63) is 23.8 Å². The fourth-order valence-corrected chi connectivity index (χ4v) is 10.1. The monoisotopic (exact) mass is 553 g/mol. The third-order valence-electron chi connectivity index (χ3n) is 12.1. The normalized spacial score (nSPS) is 42.7. The van der Waals surface area contributed by atoms with Crippen LogP contribution >= 0.6 is 0 Å². The molecule has 1 aromatic rings. The molecule has 0 saturated heterocycles. The molecule has 8 heteroatoms. The summed E-state index contributed by atoms with van der Waals surface area (Å²) in [6, 6.07) is 1.54. The zero-order chi connectivity index (χ0) is 28.3. The number of halogens is 3. The number of hydrogen-bond acceptors (Lipinski definition) is 5. The van der Waals surface area contributed by atoms with Crippen LogP contribution in [-0.2, 0) is 0 Å². The van der Waals surface area contributed by atoms with Gasteiger partial charge in [-0.25, -0.2) is 13.8 Å². The van der Waals surface area contributed by atoms with Gasteiger partial charge in [0.05, 0.1) is 31.0 Å². The lowest BCUT2D eigenvalue weighted by Gasteiger charge is -2.63. The summed E-state index contributed by atoms with van der Waals surface area (Å²) in [5.74, 6) is -4.10. The molecule has 4 saturated carbocycles. The first-order valence-electron chi connectivity index (χ1n) is 15.0. The molecule has 4 aliphatic carbocycles. The highest BCUT2D eigenvalue weighted by Gasteiger charge is 2.69. The molecule has 220 valence electrons. The molecule has 0 unspecified atom stereocenters. The highest BCUT2D eigenvalue weighted by atomic mass is 19.3. The summed E-state index contributed by atoms with van der Waals surface area (Å²) in [6.07, 6.45) is 4.45. The van der Waals surface area contributed by atoms with Crippen molar-refractivity contribution in [2.75, 3.05) is 7.11 Å². The number of pyridine rings is 1. The summed E-state index contributed by atoms with van der Waals surface area (Å²) in [5, 5.41) is 31.7. The molecule has 1 heterocycles. The summed E-state index contributed by atoms with van der Waals surface area (Å²) >= 11 is 0. The minimum Gasteiger partial charge on any atom is -0.496 e. The average molecular weight is 554 g/mol. The Hall–Kier alpha value is -1.38. The minimum atomic E-state index is -2.85. The van der Waals surface area contributed by atoms with Gasteiger partial charge < -0.3 is 20.1 Å². The number of ether oxygens (including phenoxy) is 1. The molecule has 0 aliphatic heterocycles. The van der Waals surface area contributed by atoms with Crippen molar-refractivity contribution in [3.8, 4) is 5.75 Å². The highest BCUT2D eigenvalue weighted by molar-refractivity contribution is 5.33. The van der Waals surface area contributed by atoms with Gasteiger partial charge in [0.2, 0.25) is 5.95 Å². The number of nitrogens with zero attached hydrogens (tertiary/aromatic N) is 1. The molecule has 0 bridgehead atoms. The van der Waals surface area contributed by atoms with Gasteiger partial charge in [-0.15, -0.1) is 0 Å². The number of alkyl halides is 2. The van der Waals surface area contributed by atoms with Gasteiger partial charge >= 0.3 is 0 Å². The summed E-state index contributed by atoms with van der Waals surface area (Å²) in [7, 11) is 1.44. The molecule has 0 spiro atoms. The molecule has 5 nitrogen and oxygen atoms in total. The Balaban J connectivity index is 1.27. The second-order valence-electron chi connectivity index (χ2n) is 13.8. The predicted molar refractivity (Wildman–Crippen MR) is 142 cm³/mol. The van der Waals surface area contributed by atoms with E-state index in [0.29, 0.717) is 37.5 Å². The van der Waals surface area contributed by atoms with Gasteiger partial charge in [0.1, 0.15) is 5.75 Å². The van der Waals surface area contributed by atoms with E-state index in [1.54, 1.807) is 6.07 Å². The van der Waals surface area contributed by atoms with Gasteiger partial charge in [0.25, 0.3) is 5.92 Å². The Morgan fingerprint density at radius 2 is 1.72 bits per heavy atom. The summed E-state index contributed by atoms with van der Waals surface area (Å²) in [6.45, 7) is 6.54. The second kappa shape index (κ2) is 10.5. The Kier molecular flexibility index (Phi) is 7.82. The minimum absolute atomic E-state index is 0.0557. The van der Waals surface area contributed by atoms with Gasteiger partial charge in [-0.2, -0.15) is 4.39 Å². The van der Waals surface area contributed by atoms with Crippen LogP contribution in [-0.4, -0.2) is 45.5 Å². The molecule has 39 heavy (non-hydrogen) atoms. The molecule has 0 aromatic carbocycles. The number of rotatable bonds is 7. The van der Waals surface area contributed by atoms with E-state index < -0.39 is 42.0 Å². The smallest absolute Gasteiger partial charge is 0.251 e. The molecule has 11 atom stereocenters. The summed E-state index contributed by atoms with van der Waals surface area (Å²) < 4.78 is 51.5. The second-order valence-corrected chi connectivity index (χ2v) is 13.8. The SMILES string of the molecule is COc1ccnc(F)c1[C@@H](O)CCC[C@@H](C)[C@H]1CC[C@H]2[C@H]3[C@H](CC[C@]12C)[C@@]1(C)CC[C@H](O)[C@H](O)[C@@H]1CC3(F)F. The van der Waals surface area contributed by atoms with Crippen molar-refractivity contribution in [1.29, 1.82) is 0 Å². The topological polar surface area (TPSA) is 82.8 Å². The van der Waals surface area contributed by atoms with E-state index in [0.717, 1.165) is 32.1 Å². The number of hydrogen-bond donors (Lipinski definition) is 3. The van der Waals surface area contributed by atoms with Crippen molar-refractivity contribution >= 4 is 0 Å². The van der Waals surface area contributed by atoms with Gasteiger partial charge in [0, 0.05) is 18.5 Å². The van der Waals surface area contributed by atoms with Gasteiger partial charge in [-0.3, -0.25) is 0 Å². The molecule has 1 aromatic heterocycles. The summed E-state index contributed by atoms with van der Waals surface area (Å²) in [4.78, 5) is 3.66. The van der Waals surface area contributed by atoms with E-state index in [1.165, 1.54) is 13.3 Å². The van der Waals surface area contributed by atoms with Crippen LogP contribution < -0.4 is 4.74 Å². The largest absolute Gasteiger partial charge is 0.496 e. The maximum atomic E-state index is 16.0. The van der Waals surface area contributed by atoms with Crippen LogP contribution in [0.2, 0.25) is 0 Å². The van der Waals surface area contributed by atoms with Crippen LogP contribution in [0.1, 0.15) is 96.6 Å². The standard InChI is InChI=1S/C31H46F3NO4/c1-17(6-5-7-22(36)25-24(39-4)12-15-35-28(25)32)18-8-9-19-26-20(10-13-29(18,19)2)30(3)14-11-23(37)27(38)21(30)16-31(26,33)34/h12,15,17-23,26-27,36-38H,5-11,13-14,16H2,1-4H3/t17-,18-,19+,20+,21+,22+,23+,26+,27-,29-,30-/m1/s1. The van der Waals surface area contributed by atoms with E-state index in [1.807, 2.05) is 0 Å². The van der Waals surface area contributed by atoms with Gasteiger partial charge in [0.15, 0.2) is 0 Å². The van der Waals surface area contributed by atoms with E-state index >= 15 is 8.78 Å². The molecule has 3 N–H and O–H groups in total. The van der Waals surface area contributed by atoms with Gasteiger partial charge in [-0.1, -0.05) is 33.6 Å². The van der Waals surface area contributed by atoms with E-state index in [9.17, 15) is 19.7 Å². The molecule has 4 fully saturated rings. The van der Waals surface area contributed by atoms with Crippen LogP contribution in [0, 0.1) is 52.3 Å². The lowest BCUT2D eigenvalue weighted by atomic mass is 9.43. The van der Waals surface area contributed by atoms with E-state index in [4.69, 9.17) is 4.74 Å². The maximum Gasteiger partial charge on any atom is 0.251 e. The third-order valence-corrected chi connectivity index (χ3v) is 12.1. The molecule has 4 aliphatic rings. The maximum absolute atomic E-state index is 16.0. The van der Waals surface area contributed by atoms with Crippen LogP contribution in [0.4, 0.5) is 13.2 Å². The first-order valence-corrected chi connectivity index (χ1v) is 15.0. The Morgan fingerprint density at radius 1 is 1.03 bits per heavy atom. The molecule has 0 radical (unpaired) electrons. The van der Waals surface area contributed by atoms with Crippen molar-refractivity contribution in [2.24, 2.45) is 46.3 Å². The average Bonchev–Trinajstić information content (AvgIpc) is 3.24. The number of methoxy groups -OCH3 is 1. The van der Waals surface area contributed by atoms with Crippen molar-refractivity contribution < 1.29 is 33.2 Å². The fourth-order valence-electron chi connectivity index (χ4n) is 10.1. The van der Waals surface area contributed by atoms with Gasteiger partial charge in [-0.05, 0) is 91.4 Å². The molecular formula is C31H46F3NO4. The van der Waals surface area contributed by atoms with Crippen molar-refractivity contribution in [3.63, 3.8) is 0 Å². The van der Waals surface area contributed by atoms with Crippen LogP contribution in [0.5, 0.6) is 5.75 Å². The lowest BCUT2D eigenvalue weighted by Crippen LogP contribution is -2.64. The first kappa shape index (κ1) is 29.1. The third kappa shape index (κ3) is 4.70. The predicted octanol–water partition coefficient (Wildman–Crippen LogP) is 6.30. The van der Waals surface area contributed by atoms with E-state index in [2.05, 4.69) is 25.8 Å². The first-order chi connectivity index (χ1) is 18.3. The highest BCUT2D eigenvalue weighted by Crippen LogP contribution is 2.71. The molecular weight excluding hydrogens is 507 g/mol. The molecule has 5 rings (SSSR count). The fraction of sp³-hybridized carbons (Fsp3) is 0.839.